The van der Waals surface area contributed by atoms with Gasteiger partial charge in [-0.25, -0.2) is 0 Å². The van der Waals surface area contributed by atoms with Crippen LogP contribution in [0.5, 0.6) is 0 Å². The Morgan fingerprint density at radius 1 is 1.24 bits per heavy atom. The van der Waals surface area contributed by atoms with Gasteiger partial charge in [0.15, 0.2) is 0 Å². The SMILES string of the molecule is CC1CCC(CN)CN1CC1(O)CCCCC1. The van der Waals surface area contributed by atoms with Crippen molar-refractivity contribution < 1.29 is 5.11 Å². The Morgan fingerprint density at radius 2 is 1.94 bits per heavy atom. The number of likely N-dealkylation sites (tertiary alicyclic amines) is 1. The van der Waals surface area contributed by atoms with Crippen LogP contribution in [0.15, 0.2) is 0 Å². The van der Waals surface area contributed by atoms with Crippen LogP contribution in [0.25, 0.3) is 0 Å². The summed E-state index contributed by atoms with van der Waals surface area (Å²) in [5.74, 6) is 0.637. The van der Waals surface area contributed by atoms with Crippen LogP contribution in [0, 0.1) is 5.92 Å². The standard InChI is InChI=1S/C14H28N2O/c1-12-5-6-13(9-15)10-16(12)11-14(17)7-3-2-4-8-14/h12-13,17H,2-11,15H2,1H3. The van der Waals surface area contributed by atoms with Crippen molar-refractivity contribution in [2.24, 2.45) is 11.7 Å². The molecule has 17 heavy (non-hydrogen) atoms. The van der Waals surface area contributed by atoms with Crippen LogP contribution >= 0.6 is 0 Å². The fraction of sp³-hybridized carbons (Fsp3) is 1.00. The minimum atomic E-state index is -0.414. The van der Waals surface area contributed by atoms with Crippen LogP contribution in [-0.4, -0.2) is 41.3 Å². The van der Waals surface area contributed by atoms with E-state index in [-0.39, 0.29) is 0 Å². The molecule has 0 radical (unpaired) electrons. The van der Waals surface area contributed by atoms with Crippen molar-refractivity contribution in [2.45, 2.75) is 63.5 Å². The maximum Gasteiger partial charge on any atom is 0.0774 e. The van der Waals surface area contributed by atoms with Gasteiger partial charge in [-0.15, -0.1) is 0 Å². The van der Waals surface area contributed by atoms with Gasteiger partial charge in [0.1, 0.15) is 0 Å². The quantitative estimate of drug-likeness (QED) is 0.790. The second-order valence-electron chi connectivity index (χ2n) is 6.24. The molecule has 2 aliphatic rings. The zero-order valence-electron chi connectivity index (χ0n) is 11.2. The molecule has 2 unspecified atom stereocenters. The van der Waals surface area contributed by atoms with Gasteiger partial charge in [0.25, 0.3) is 0 Å². The first-order valence-electron chi connectivity index (χ1n) is 7.29. The van der Waals surface area contributed by atoms with Crippen LogP contribution in [0.3, 0.4) is 0 Å². The lowest BCUT2D eigenvalue weighted by atomic mass is 9.83. The highest BCUT2D eigenvalue weighted by Gasteiger charge is 2.34. The molecule has 1 aliphatic carbocycles. The van der Waals surface area contributed by atoms with Crippen molar-refractivity contribution >= 4 is 0 Å². The van der Waals surface area contributed by atoms with E-state index in [4.69, 9.17) is 5.73 Å². The highest BCUT2D eigenvalue weighted by molar-refractivity contribution is 4.89. The molecule has 2 fully saturated rings. The number of piperidine rings is 1. The van der Waals surface area contributed by atoms with Crippen molar-refractivity contribution in [3.8, 4) is 0 Å². The number of aliphatic hydroxyl groups is 1. The van der Waals surface area contributed by atoms with Gasteiger partial charge in [0.05, 0.1) is 5.60 Å². The second kappa shape index (κ2) is 5.68. The maximum atomic E-state index is 10.6. The topological polar surface area (TPSA) is 49.5 Å². The summed E-state index contributed by atoms with van der Waals surface area (Å²) in [6.45, 7) is 5.03. The third-order valence-electron chi connectivity index (χ3n) is 4.72. The normalized spacial score (nSPS) is 34.8. The molecule has 3 N–H and O–H groups in total. The second-order valence-corrected chi connectivity index (χ2v) is 6.24. The zero-order valence-corrected chi connectivity index (χ0v) is 11.2. The predicted octanol–water partition coefficient (Wildman–Crippen LogP) is 1.74. The first kappa shape index (κ1) is 13.3. The number of hydrogen-bond donors (Lipinski definition) is 2. The van der Waals surface area contributed by atoms with Crippen LogP contribution in [0.2, 0.25) is 0 Å². The Labute approximate surface area is 105 Å². The van der Waals surface area contributed by atoms with E-state index in [2.05, 4.69) is 11.8 Å². The molecule has 0 aromatic rings. The van der Waals surface area contributed by atoms with Crippen LogP contribution in [0.1, 0.15) is 51.9 Å². The Morgan fingerprint density at radius 3 is 2.59 bits per heavy atom. The smallest absolute Gasteiger partial charge is 0.0774 e. The highest BCUT2D eigenvalue weighted by Crippen LogP contribution is 2.31. The molecule has 1 saturated carbocycles. The third-order valence-corrected chi connectivity index (χ3v) is 4.72. The zero-order chi connectivity index (χ0) is 12.3. The molecule has 0 spiro atoms. The summed E-state index contributed by atoms with van der Waals surface area (Å²) < 4.78 is 0. The number of rotatable bonds is 3. The van der Waals surface area contributed by atoms with Crippen molar-refractivity contribution in [3.05, 3.63) is 0 Å². The molecule has 1 saturated heterocycles. The Bertz CT molecular complexity index is 238. The first-order valence-corrected chi connectivity index (χ1v) is 7.29. The number of hydrogen-bond acceptors (Lipinski definition) is 3. The van der Waals surface area contributed by atoms with E-state index in [0.717, 1.165) is 32.5 Å². The maximum absolute atomic E-state index is 10.6. The molecule has 100 valence electrons. The summed E-state index contributed by atoms with van der Waals surface area (Å²) in [5, 5.41) is 10.6. The molecule has 1 aliphatic heterocycles. The van der Waals surface area contributed by atoms with Crippen LogP contribution < -0.4 is 5.73 Å². The average molecular weight is 240 g/mol. The highest BCUT2D eigenvalue weighted by atomic mass is 16.3. The molecule has 0 aromatic heterocycles. The lowest BCUT2D eigenvalue weighted by molar-refractivity contribution is -0.0455. The molecule has 3 nitrogen and oxygen atoms in total. The number of nitrogens with zero attached hydrogens (tertiary/aromatic N) is 1. The third kappa shape index (κ3) is 3.43. The number of nitrogens with two attached hydrogens (primary N) is 1. The van der Waals surface area contributed by atoms with E-state index in [1.165, 1.54) is 32.1 Å². The molecule has 1 heterocycles. The fourth-order valence-electron chi connectivity index (χ4n) is 3.42. The molecule has 0 amide bonds. The molecule has 0 bridgehead atoms. The van der Waals surface area contributed by atoms with Gasteiger partial charge < -0.3 is 10.8 Å². The molecule has 2 atom stereocenters. The van der Waals surface area contributed by atoms with E-state index in [9.17, 15) is 5.11 Å². The summed E-state index contributed by atoms with van der Waals surface area (Å²) in [7, 11) is 0. The van der Waals surface area contributed by atoms with Crippen molar-refractivity contribution in [3.63, 3.8) is 0 Å². The molecule has 0 aromatic carbocycles. The molecule has 3 heteroatoms. The molecule has 2 rings (SSSR count). The van der Waals surface area contributed by atoms with Gasteiger partial charge in [-0.05, 0) is 45.1 Å². The Balaban J connectivity index is 1.91. The van der Waals surface area contributed by atoms with E-state index in [1.54, 1.807) is 0 Å². The number of β-amino-alcohol motifs (C(OH)–C–C–N with tert-alkyl or cyclic N) is 1. The van der Waals surface area contributed by atoms with Gasteiger partial charge in [0, 0.05) is 19.1 Å². The van der Waals surface area contributed by atoms with E-state index in [0.29, 0.717) is 12.0 Å². The monoisotopic (exact) mass is 240 g/mol. The fourth-order valence-corrected chi connectivity index (χ4v) is 3.42. The predicted molar refractivity (Wildman–Crippen MR) is 70.8 cm³/mol. The van der Waals surface area contributed by atoms with Crippen LogP contribution in [0.4, 0.5) is 0 Å². The summed E-state index contributed by atoms with van der Waals surface area (Å²) in [6, 6.07) is 0.615. The summed E-state index contributed by atoms with van der Waals surface area (Å²) in [5.41, 5.74) is 5.37. The summed E-state index contributed by atoms with van der Waals surface area (Å²) >= 11 is 0. The van der Waals surface area contributed by atoms with E-state index >= 15 is 0 Å². The molecular formula is C14H28N2O. The minimum Gasteiger partial charge on any atom is -0.389 e. The summed E-state index contributed by atoms with van der Waals surface area (Å²) in [6.07, 6.45) is 8.15. The van der Waals surface area contributed by atoms with Crippen molar-refractivity contribution in [1.29, 1.82) is 0 Å². The van der Waals surface area contributed by atoms with Crippen molar-refractivity contribution in [2.75, 3.05) is 19.6 Å². The van der Waals surface area contributed by atoms with Crippen molar-refractivity contribution in [1.82, 2.24) is 4.90 Å². The minimum absolute atomic E-state index is 0.414. The molecular weight excluding hydrogens is 212 g/mol. The van der Waals surface area contributed by atoms with Gasteiger partial charge in [-0.3, -0.25) is 4.90 Å². The van der Waals surface area contributed by atoms with Crippen LogP contribution in [-0.2, 0) is 0 Å². The van der Waals surface area contributed by atoms with Gasteiger partial charge in [-0.1, -0.05) is 19.3 Å². The average Bonchev–Trinajstić information content (AvgIpc) is 2.33. The van der Waals surface area contributed by atoms with Gasteiger partial charge >= 0.3 is 0 Å². The van der Waals surface area contributed by atoms with Gasteiger partial charge in [0.2, 0.25) is 0 Å². The summed E-state index contributed by atoms with van der Waals surface area (Å²) in [4.78, 5) is 2.48. The lowest BCUT2D eigenvalue weighted by Gasteiger charge is -2.43. The van der Waals surface area contributed by atoms with E-state index in [1.807, 2.05) is 0 Å². The van der Waals surface area contributed by atoms with E-state index < -0.39 is 5.60 Å². The van der Waals surface area contributed by atoms with Gasteiger partial charge in [-0.2, -0.15) is 0 Å². The lowest BCUT2D eigenvalue weighted by Crippen LogP contribution is -2.52. The largest absolute Gasteiger partial charge is 0.389 e. The Hall–Kier alpha value is -0.120. The first-order chi connectivity index (χ1) is 8.13. The Kier molecular flexibility index (Phi) is 4.45.